The van der Waals surface area contributed by atoms with E-state index in [0.29, 0.717) is 38.0 Å². The maximum absolute atomic E-state index is 13.1. The SMILES string of the molecule is Cn1cc(NC(=O)c2cc(NC(=O)c3nc(NC(=O)c4scc(Br)c4Cl)cn3C)cn2C)cc1C(=O)NCCN1CCSCC1. The average Bonchev–Trinajstić information content (AvgIpc) is 3.75. The third-order valence-corrected chi connectivity index (χ3v) is 10.6. The third kappa shape index (κ3) is 7.81. The van der Waals surface area contributed by atoms with Gasteiger partial charge in [0.2, 0.25) is 5.82 Å². The Labute approximate surface area is 280 Å². The number of rotatable bonds is 10. The van der Waals surface area contributed by atoms with Gasteiger partial charge in [-0.15, -0.1) is 11.3 Å². The van der Waals surface area contributed by atoms with Crippen molar-refractivity contribution >= 4 is 91.5 Å². The molecule has 5 rings (SSSR count). The molecule has 0 unspecified atom stereocenters. The zero-order chi connectivity index (χ0) is 32.2. The van der Waals surface area contributed by atoms with Crippen molar-refractivity contribution in [1.29, 1.82) is 0 Å². The Kier molecular flexibility index (Phi) is 10.4. The molecule has 4 amide bonds. The van der Waals surface area contributed by atoms with E-state index in [0.717, 1.165) is 31.1 Å². The summed E-state index contributed by atoms with van der Waals surface area (Å²) in [7, 11) is 5.05. The van der Waals surface area contributed by atoms with Gasteiger partial charge in [-0.1, -0.05) is 11.6 Å². The summed E-state index contributed by atoms with van der Waals surface area (Å²) in [4.78, 5) is 58.4. The standard InChI is InChI=1S/C28H31BrClN9O4S2/c1-36-12-16(10-19(36)25(40)31-4-5-39-6-8-44-9-7-39)32-26(41)20-11-17(13-37(20)2)33-28(43)24-34-21(14-38(24)3)35-27(42)23-22(30)18(29)15-45-23/h10-15H,4-9H2,1-3H3,(H,31,40)(H,32,41)(H,33,43)(H,35,42). The number of carbonyl (C=O) groups is 4. The number of thiophene rings is 1. The van der Waals surface area contributed by atoms with E-state index in [1.165, 1.54) is 28.2 Å². The smallest absolute Gasteiger partial charge is 0.291 e. The number of aryl methyl sites for hydroxylation is 3. The van der Waals surface area contributed by atoms with Gasteiger partial charge in [-0.3, -0.25) is 24.1 Å². The molecule has 5 heterocycles. The van der Waals surface area contributed by atoms with E-state index in [9.17, 15) is 19.2 Å². The predicted octanol–water partition coefficient (Wildman–Crippen LogP) is 4.11. The Hall–Kier alpha value is -3.57. The minimum absolute atomic E-state index is 0.0450. The molecule has 45 heavy (non-hydrogen) atoms. The van der Waals surface area contributed by atoms with Gasteiger partial charge in [0.25, 0.3) is 23.6 Å². The van der Waals surface area contributed by atoms with Crippen molar-refractivity contribution in [3.63, 3.8) is 0 Å². The van der Waals surface area contributed by atoms with Crippen LogP contribution in [0.25, 0.3) is 0 Å². The number of thioether (sulfide) groups is 1. The Morgan fingerprint density at radius 1 is 0.867 bits per heavy atom. The van der Waals surface area contributed by atoms with E-state index < -0.39 is 17.7 Å². The number of carbonyl (C=O) groups excluding carboxylic acids is 4. The number of imidazole rings is 1. The molecule has 0 spiro atoms. The second-order valence-electron chi connectivity index (χ2n) is 10.3. The van der Waals surface area contributed by atoms with Crippen molar-refractivity contribution in [2.24, 2.45) is 21.1 Å². The van der Waals surface area contributed by atoms with Crippen LogP contribution in [0.15, 0.2) is 40.6 Å². The van der Waals surface area contributed by atoms with Crippen LogP contribution in [0.5, 0.6) is 0 Å². The van der Waals surface area contributed by atoms with Gasteiger partial charge in [0.1, 0.15) is 16.3 Å². The van der Waals surface area contributed by atoms with E-state index in [4.69, 9.17) is 11.6 Å². The van der Waals surface area contributed by atoms with E-state index in [1.807, 2.05) is 11.8 Å². The van der Waals surface area contributed by atoms with Gasteiger partial charge in [0, 0.05) is 87.3 Å². The van der Waals surface area contributed by atoms with Crippen molar-refractivity contribution in [1.82, 2.24) is 28.9 Å². The number of halogens is 2. The van der Waals surface area contributed by atoms with Crippen LogP contribution >= 0.6 is 50.6 Å². The largest absolute Gasteiger partial charge is 0.349 e. The van der Waals surface area contributed by atoms with E-state index in [-0.39, 0.29) is 23.2 Å². The van der Waals surface area contributed by atoms with Crippen LogP contribution in [0.1, 0.15) is 41.3 Å². The zero-order valence-corrected chi connectivity index (χ0v) is 28.6. The number of hydrogen-bond donors (Lipinski definition) is 4. The summed E-state index contributed by atoms with van der Waals surface area (Å²) in [6.07, 6.45) is 4.78. The molecule has 1 aliphatic heterocycles. The van der Waals surface area contributed by atoms with Gasteiger partial charge >= 0.3 is 0 Å². The lowest BCUT2D eigenvalue weighted by atomic mass is 10.3. The van der Waals surface area contributed by atoms with Crippen molar-refractivity contribution in [2.45, 2.75) is 0 Å². The minimum Gasteiger partial charge on any atom is -0.349 e. The summed E-state index contributed by atoms with van der Waals surface area (Å²) < 4.78 is 5.33. The van der Waals surface area contributed by atoms with Gasteiger partial charge in [0.15, 0.2) is 5.82 Å². The lowest BCUT2D eigenvalue weighted by Gasteiger charge is -2.25. The predicted molar refractivity (Wildman–Crippen MR) is 181 cm³/mol. The number of amides is 4. The average molecular weight is 737 g/mol. The zero-order valence-electron chi connectivity index (χ0n) is 24.6. The molecule has 1 fully saturated rings. The molecule has 238 valence electrons. The van der Waals surface area contributed by atoms with E-state index in [2.05, 4.69) is 47.1 Å². The highest BCUT2D eigenvalue weighted by Crippen LogP contribution is 2.32. The van der Waals surface area contributed by atoms with Crippen LogP contribution in [0.3, 0.4) is 0 Å². The lowest BCUT2D eigenvalue weighted by Crippen LogP contribution is -2.39. The van der Waals surface area contributed by atoms with Crippen LogP contribution in [-0.4, -0.2) is 84.9 Å². The fourth-order valence-electron chi connectivity index (χ4n) is 4.73. The maximum Gasteiger partial charge on any atom is 0.291 e. The van der Waals surface area contributed by atoms with Gasteiger partial charge < -0.3 is 35.0 Å². The van der Waals surface area contributed by atoms with Crippen molar-refractivity contribution < 1.29 is 19.2 Å². The molecule has 0 bridgehead atoms. The highest BCUT2D eigenvalue weighted by Gasteiger charge is 2.21. The number of hydrogen-bond acceptors (Lipinski definition) is 8. The van der Waals surface area contributed by atoms with Gasteiger partial charge in [-0.05, 0) is 28.1 Å². The second-order valence-corrected chi connectivity index (χ2v) is 13.6. The first kappa shape index (κ1) is 32.8. The van der Waals surface area contributed by atoms with Crippen LogP contribution in [0.2, 0.25) is 5.02 Å². The second kappa shape index (κ2) is 14.2. The Bertz CT molecular complexity index is 1760. The van der Waals surface area contributed by atoms with Crippen LogP contribution in [0, 0.1) is 0 Å². The molecular formula is C28H31BrClN9O4S2. The van der Waals surface area contributed by atoms with Crippen LogP contribution < -0.4 is 21.3 Å². The monoisotopic (exact) mass is 735 g/mol. The van der Waals surface area contributed by atoms with Crippen molar-refractivity contribution in [2.75, 3.05) is 53.6 Å². The molecule has 1 saturated heterocycles. The number of nitrogens with zero attached hydrogens (tertiary/aromatic N) is 5. The van der Waals surface area contributed by atoms with E-state index >= 15 is 0 Å². The first-order chi connectivity index (χ1) is 21.5. The summed E-state index contributed by atoms with van der Waals surface area (Å²) in [5, 5.41) is 13.2. The van der Waals surface area contributed by atoms with Gasteiger partial charge in [0.05, 0.1) is 16.4 Å². The highest BCUT2D eigenvalue weighted by atomic mass is 79.9. The maximum atomic E-state index is 13.1. The highest BCUT2D eigenvalue weighted by molar-refractivity contribution is 9.10. The molecule has 4 aromatic rings. The molecule has 0 atom stereocenters. The Morgan fingerprint density at radius 2 is 1.49 bits per heavy atom. The molecule has 0 saturated carbocycles. The molecule has 4 aromatic heterocycles. The molecule has 1 aliphatic rings. The fraction of sp³-hybridized carbons (Fsp3) is 0.321. The van der Waals surface area contributed by atoms with Gasteiger partial charge in [-0.2, -0.15) is 11.8 Å². The normalized spacial score (nSPS) is 13.4. The molecular weight excluding hydrogens is 706 g/mol. The van der Waals surface area contributed by atoms with Crippen LogP contribution in [0.4, 0.5) is 17.2 Å². The molecule has 4 N–H and O–H groups in total. The Balaban J connectivity index is 1.17. The minimum atomic E-state index is -0.537. The van der Waals surface area contributed by atoms with Crippen molar-refractivity contribution in [3.05, 3.63) is 67.7 Å². The third-order valence-electron chi connectivity index (χ3n) is 7.02. The summed E-state index contributed by atoms with van der Waals surface area (Å²) >= 11 is 12.6. The topological polar surface area (TPSA) is 147 Å². The molecule has 13 nitrogen and oxygen atoms in total. The van der Waals surface area contributed by atoms with E-state index in [1.54, 1.807) is 54.1 Å². The first-order valence-corrected chi connectivity index (χ1v) is 17.0. The summed E-state index contributed by atoms with van der Waals surface area (Å²) in [6.45, 7) is 3.40. The number of nitrogens with one attached hydrogen (secondary N) is 4. The molecule has 0 radical (unpaired) electrons. The Morgan fingerprint density at radius 3 is 2.11 bits per heavy atom. The van der Waals surface area contributed by atoms with Gasteiger partial charge in [-0.25, -0.2) is 4.98 Å². The lowest BCUT2D eigenvalue weighted by molar-refractivity contribution is 0.0938. The summed E-state index contributed by atoms with van der Waals surface area (Å²) in [6, 6.07) is 3.16. The number of anilines is 3. The summed E-state index contributed by atoms with van der Waals surface area (Å²) in [5.74, 6) is 0.834. The summed E-state index contributed by atoms with van der Waals surface area (Å²) in [5.41, 5.74) is 1.55. The van der Waals surface area contributed by atoms with Crippen molar-refractivity contribution in [3.8, 4) is 0 Å². The molecule has 0 aromatic carbocycles. The quantitative estimate of drug-likeness (QED) is 0.192. The molecule has 17 heteroatoms. The van der Waals surface area contributed by atoms with Crippen LogP contribution in [-0.2, 0) is 21.1 Å². The fourth-order valence-corrected chi connectivity index (χ4v) is 7.37. The first-order valence-electron chi connectivity index (χ1n) is 13.8. The number of aromatic nitrogens is 4. The molecule has 0 aliphatic carbocycles.